The van der Waals surface area contributed by atoms with Crippen LogP contribution in [0, 0.1) is 18.9 Å². The zero-order chi connectivity index (χ0) is 23.1. The smallest absolute Gasteiger partial charge is 0.225 e. The highest BCUT2D eigenvalue weighted by Gasteiger charge is 2.39. The summed E-state index contributed by atoms with van der Waals surface area (Å²) in [4.78, 5) is 19.7. The zero-order valence-corrected chi connectivity index (χ0v) is 19.8. The summed E-state index contributed by atoms with van der Waals surface area (Å²) in [5, 5.41) is 0. The van der Waals surface area contributed by atoms with Crippen molar-refractivity contribution in [3.05, 3.63) is 65.0 Å². The van der Waals surface area contributed by atoms with Crippen molar-refractivity contribution < 1.29 is 9.53 Å². The molecule has 3 aromatic rings. The molecule has 6 nitrogen and oxygen atoms in total. The summed E-state index contributed by atoms with van der Waals surface area (Å²) in [6.45, 7) is 6.92. The van der Waals surface area contributed by atoms with Gasteiger partial charge in [-0.05, 0) is 60.6 Å². The Balaban J connectivity index is 1.36. The zero-order valence-electron chi connectivity index (χ0n) is 19.8. The van der Waals surface area contributed by atoms with Gasteiger partial charge in [0, 0.05) is 33.2 Å². The Morgan fingerprint density at radius 1 is 1.33 bits per heavy atom. The molecular weight excluding hydrogens is 412 g/mol. The van der Waals surface area contributed by atoms with Crippen LogP contribution in [0.1, 0.15) is 47.8 Å². The summed E-state index contributed by atoms with van der Waals surface area (Å²) >= 11 is 0. The molecule has 33 heavy (non-hydrogen) atoms. The van der Waals surface area contributed by atoms with E-state index in [4.69, 9.17) is 15.5 Å². The third-order valence-electron chi connectivity index (χ3n) is 7.55. The first-order chi connectivity index (χ1) is 16.0. The number of nitrogens with two attached hydrogens (primary N) is 1. The lowest BCUT2D eigenvalue weighted by atomic mass is 9.90. The number of aryl methyl sites for hydroxylation is 2. The number of imidazole rings is 1. The molecule has 3 unspecified atom stereocenters. The number of carbonyl (C=O) groups is 1. The van der Waals surface area contributed by atoms with Gasteiger partial charge in [0.05, 0.1) is 29.1 Å². The standard InChI is InChI=1S/C27H33N4O2/c1-4-25-29-21-13-17(2)9-10-22(21)31(25)23-11-12-30(16-24(23)33-3)15-19-14-18-7-5-6-8-20(18)26(19)27(28)32/h6-10,13,19,23-24,26H,4,11-12,14-16H2,1-3H3,(H2,28,32)/t19?,23?,24-,26?/m1/s1. The van der Waals surface area contributed by atoms with Crippen molar-refractivity contribution in [1.29, 1.82) is 0 Å². The van der Waals surface area contributed by atoms with Crippen molar-refractivity contribution in [3.8, 4) is 0 Å². The number of piperidine rings is 1. The lowest BCUT2D eigenvalue weighted by Crippen LogP contribution is -2.48. The number of fused-ring (bicyclic) bond motifs is 2. The van der Waals surface area contributed by atoms with Crippen molar-refractivity contribution in [2.24, 2.45) is 11.7 Å². The van der Waals surface area contributed by atoms with Crippen molar-refractivity contribution in [3.63, 3.8) is 0 Å². The van der Waals surface area contributed by atoms with E-state index in [0.29, 0.717) is 0 Å². The third-order valence-corrected chi connectivity index (χ3v) is 7.55. The minimum atomic E-state index is -0.226. The molecule has 173 valence electrons. The first kappa shape index (κ1) is 22.1. The number of likely N-dealkylation sites (tertiary alicyclic amines) is 1. The molecule has 2 N–H and O–H groups in total. The molecule has 2 heterocycles. The molecule has 1 radical (unpaired) electrons. The van der Waals surface area contributed by atoms with E-state index in [1.165, 1.54) is 16.6 Å². The Morgan fingerprint density at radius 2 is 2.18 bits per heavy atom. The predicted octanol–water partition coefficient (Wildman–Crippen LogP) is 3.41. The summed E-state index contributed by atoms with van der Waals surface area (Å²) in [5.41, 5.74) is 11.6. The van der Waals surface area contributed by atoms with E-state index in [9.17, 15) is 4.79 Å². The van der Waals surface area contributed by atoms with Gasteiger partial charge >= 0.3 is 0 Å². The minimum absolute atomic E-state index is 0.0619. The Hall–Kier alpha value is -2.70. The second kappa shape index (κ2) is 8.92. The maximum Gasteiger partial charge on any atom is 0.225 e. The second-order valence-corrected chi connectivity index (χ2v) is 9.60. The number of rotatable bonds is 6. The fourth-order valence-corrected chi connectivity index (χ4v) is 6.04. The molecule has 6 heteroatoms. The molecule has 1 fully saturated rings. The minimum Gasteiger partial charge on any atom is -0.378 e. The van der Waals surface area contributed by atoms with Gasteiger partial charge in [0.25, 0.3) is 0 Å². The number of ether oxygens (including phenoxy) is 1. The number of nitrogens with zero attached hydrogens (tertiary/aromatic N) is 3. The third kappa shape index (κ3) is 3.96. The molecule has 0 saturated carbocycles. The SMILES string of the molecule is CCc1nc2cc(C)ccc2n1C1CCN(CC2Cc3c[c]ccc3C2C(N)=O)C[C@H]1OC. The van der Waals surface area contributed by atoms with Gasteiger partial charge in [0.1, 0.15) is 5.82 Å². The van der Waals surface area contributed by atoms with Crippen LogP contribution in [0.3, 0.4) is 0 Å². The van der Waals surface area contributed by atoms with Crippen LogP contribution < -0.4 is 5.73 Å². The van der Waals surface area contributed by atoms with Crippen molar-refractivity contribution in [1.82, 2.24) is 14.5 Å². The first-order valence-corrected chi connectivity index (χ1v) is 12.0. The maximum absolute atomic E-state index is 12.3. The van der Waals surface area contributed by atoms with E-state index in [1.807, 2.05) is 25.3 Å². The number of amides is 1. The summed E-state index contributed by atoms with van der Waals surface area (Å²) < 4.78 is 8.45. The maximum atomic E-state index is 12.3. The van der Waals surface area contributed by atoms with E-state index in [-0.39, 0.29) is 29.9 Å². The molecule has 1 aliphatic heterocycles. The summed E-state index contributed by atoms with van der Waals surface area (Å²) in [5.74, 6) is 0.870. The van der Waals surface area contributed by atoms with Crippen LogP contribution in [0.2, 0.25) is 0 Å². The predicted molar refractivity (Wildman–Crippen MR) is 129 cm³/mol. The highest BCUT2D eigenvalue weighted by molar-refractivity contribution is 5.83. The molecule has 4 atom stereocenters. The summed E-state index contributed by atoms with van der Waals surface area (Å²) in [6, 6.07) is 15.8. The average Bonchev–Trinajstić information content (AvgIpc) is 3.36. The summed E-state index contributed by atoms with van der Waals surface area (Å²) in [7, 11) is 1.81. The second-order valence-electron chi connectivity index (χ2n) is 9.60. The lowest BCUT2D eigenvalue weighted by molar-refractivity contribution is -0.120. The fraction of sp³-hybridized carbons (Fsp3) is 0.481. The van der Waals surface area contributed by atoms with Crippen LogP contribution in [0.25, 0.3) is 11.0 Å². The van der Waals surface area contributed by atoms with Gasteiger partial charge in [0.15, 0.2) is 0 Å². The topological polar surface area (TPSA) is 73.4 Å². The van der Waals surface area contributed by atoms with Gasteiger partial charge < -0.3 is 19.9 Å². The van der Waals surface area contributed by atoms with Crippen LogP contribution in [0.5, 0.6) is 0 Å². The van der Waals surface area contributed by atoms with Crippen LogP contribution in [0.4, 0.5) is 0 Å². The number of primary amides is 1. The van der Waals surface area contributed by atoms with Gasteiger partial charge in [-0.3, -0.25) is 4.79 Å². The number of methoxy groups -OCH3 is 1. The van der Waals surface area contributed by atoms with Crippen LogP contribution >= 0.6 is 0 Å². The lowest BCUT2D eigenvalue weighted by Gasteiger charge is -2.40. The quantitative estimate of drug-likeness (QED) is 0.631. The van der Waals surface area contributed by atoms with Gasteiger partial charge in [-0.25, -0.2) is 4.98 Å². The fourth-order valence-electron chi connectivity index (χ4n) is 6.04. The van der Waals surface area contributed by atoms with Crippen LogP contribution in [0.15, 0.2) is 36.4 Å². The first-order valence-electron chi connectivity index (χ1n) is 12.0. The Kier molecular flexibility index (Phi) is 5.97. The van der Waals surface area contributed by atoms with Gasteiger partial charge in [-0.2, -0.15) is 0 Å². The Morgan fingerprint density at radius 3 is 2.94 bits per heavy atom. The van der Waals surface area contributed by atoms with E-state index in [1.54, 1.807) is 0 Å². The van der Waals surface area contributed by atoms with Crippen molar-refractivity contribution in [2.75, 3.05) is 26.7 Å². The highest BCUT2D eigenvalue weighted by atomic mass is 16.5. The largest absolute Gasteiger partial charge is 0.378 e. The van der Waals surface area contributed by atoms with Crippen molar-refractivity contribution >= 4 is 16.9 Å². The number of hydrogen-bond donors (Lipinski definition) is 1. The molecule has 1 amide bonds. The molecule has 1 aromatic heterocycles. The normalized spacial score (nSPS) is 25.4. The van der Waals surface area contributed by atoms with Gasteiger partial charge in [0.2, 0.25) is 5.91 Å². The molecule has 1 aliphatic carbocycles. The van der Waals surface area contributed by atoms with E-state index in [0.717, 1.165) is 55.8 Å². The highest BCUT2D eigenvalue weighted by Crippen LogP contribution is 2.39. The molecule has 2 aromatic carbocycles. The number of benzene rings is 2. The number of carbonyl (C=O) groups excluding carboxylic acids is 1. The van der Waals surface area contributed by atoms with E-state index in [2.05, 4.69) is 47.6 Å². The van der Waals surface area contributed by atoms with E-state index < -0.39 is 0 Å². The monoisotopic (exact) mass is 445 g/mol. The molecule has 0 bridgehead atoms. The average molecular weight is 446 g/mol. The van der Waals surface area contributed by atoms with Gasteiger partial charge in [-0.1, -0.05) is 31.2 Å². The molecule has 5 rings (SSSR count). The Bertz CT molecular complexity index is 1170. The molecule has 0 spiro atoms. The van der Waals surface area contributed by atoms with E-state index >= 15 is 0 Å². The van der Waals surface area contributed by atoms with Crippen molar-refractivity contribution in [2.45, 2.75) is 51.2 Å². The number of aromatic nitrogens is 2. The molecular formula is C27H33N4O2. The molecule has 1 saturated heterocycles. The molecule has 2 aliphatic rings. The van der Waals surface area contributed by atoms with Gasteiger partial charge in [-0.15, -0.1) is 0 Å². The Labute approximate surface area is 195 Å². The summed E-state index contributed by atoms with van der Waals surface area (Å²) in [6.07, 6.45) is 2.82. The van der Waals surface area contributed by atoms with Crippen LogP contribution in [-0.2, 0) is 22.4 Å². The number of hydrogen-bond acceptors (Lipinski definition) is 4. The van der Waals surface area contributed by atoms with Crippen LogP contribution in [-0.4, -0.2) is 53.2 Å².